The Morgan fingerprint density at radius 3 is 2.53 bits per heavy atom. The van der Waals surface area contributed by atoms with E-state index in [1.165, 1.54) is 48.8 Å². The first-order valence-corrected chi connectivity index (χ1v) is 7.13. The average Bonchev–Trinajstić information content (AvgIpc) is 2.60. The summed E-state index contributed by atoms with van der Waals surface area (Å²) in [6.07, 6.45) is 5.44. The number of ether oxygens (including phenoxy) is 1. The van der Waals surface area contributed by atoms with Gasteiger partial charge in [-0.15, -0.1) is 0 Å². The molecule has 2 nitrogen and oxygen atoms in total. The van der Waals surface area contributed by atoms with Crippen LogP contribution in [0.2, 0.25) is 0 Å². The Morgan fingerprint density at radius 2 is 1.88 bits per heavy atom. The summed E-state index contributed by atoms with van der Waals surface area (Å²) in [5, 5.41) is 0. The van der Waals surface area contributed by atoms with Crippen LogP contribution in [0.3, 0.4) is 0 Å². The van der Waals surface area contributed by atoms with E-state index in [0.717, 1.165) is 12.3 Å². The molecule has 0 aromatic heterocycles. The highest BCUT2D eigenvalue weighted by atomic mass is 79.9. The summed E-state index contributed by atoms with van der Waals surface area (Å²) in [6.45, 7) is 3.48. The van der Waals surface area contributed by atoms with E-state index < -0.39 is 0 Å². The van der Waals surface area contributed by atoms with Crippen molar-refractivity contribution in [1.82, 2.24) is 4.90 Å². The second-order valence-electron chi connectivity index (χ2n) is 4.65. The van der Waals surface area contributed by atoms with Crippen LogP contribution in [0.1, 0.15) is 31.2 Å². The second kappa shape index (κ2) is 6.41. The summed E-state index contributed by atoms with van der Waals surface area (Å²) in [5.41, 5.74) is 1.33. The fourth-order valence-corrected chi connectivity index (χ4v) is 2.71. The zero-order valence-corrected chi connectivity index (χ0v) is 12.0. The van der Waals surface area contributed by atoms with Gasteiger partial charge in [-0.1, -0.05) is 28.8 Å². The summed E-state index contributed by atoms with van der Waals surface area (Å²) < 4.78 is 6.47. The zero-order chi connectivity index (χ0) is 12.1. The molecule has 0 saturated carbocycles. The molecule has 0 unspecified atom stereocenters. The average molecular weight is 298 g/mol. The minimum Gasteiger partial charge on any atom is -0.497 e. The predicted octanol–water partition coefficient (Wildman–Crippen LogP) is 3.83. The van der Waals surface area contributed by atoms with Crippen LogP contribution in [0, 0.1) is 0 Å². The summed E-state index contributed by atoms with van der Waals surface area (Å²) in [6, 6.07) is 6.21. The first-order chi connectivity index (χ1) is 8.29. The summed E-state index contributed by atoms with van der Waals surface area (Å²) in [4.78, 5) is 2.55. The molecule has 0 atom stereocenters. The van der Waals surface area contributed by atoms with Crippen molar-refractivity contribution in [2.24, 2.45) is 0 Å². The fourth-order valence-electron chi connectivity index (χ4n) is 2.33. The Balaban J connectivity index is 2.05. The number of benzene rings is 1. The van der Waals surface area contributed by atoms with E-state index in [9.17, 15) is 0 Å². The largest absolute Gasteiger partial charge is 0.497 e. The van der Waals surface area contributed by atoms with Crippen molar-refractivity contribution in [3.63, 3.8) is 0 Å². The molecular formula is C14H20BrNO. The Bertz CT molecular complexity index is 359. The van der Waals surface area contributed by atoms with Crippen LogP contribution in [-0.2, 0) is 6.54 Å². The maximum Gasteiger partial charge on any atom is 0.119 e. The van der Waals surface area contributed by atoms with Gasteiger partial charge in [0, 0.05) is 11.0 Å². The van der Waals surface area contributed by atoms with Gasteiger partial charge in [-0.2, -0.15) is 0 Å². The SMILES string of the molecule is COc1ccc(Br)c(CN2CCCCCC2)c1. The van der Waals surface area contributed by atoms with Gasteiger partial charge in [0.15, 0.2) is 0 Å². The predicted molar refractivity (Wildman–Crippen MR) is 74.4 cm³/mol. The van der Waals surface area contributed by atoms with Crippen molar-refractivity contribution in [3.8, 4) is 5.75 Å². The first-order valence-electron chi connectivity index (χ1n) is 6.34. The number of nitrogens with zero attached hydrogens (tertiary/aromatic N) is 1. The lowest BCUT2D eigenvalue weighted by atomic mass is 10.2. The quantitative estimate of drug-likeness (QED) is 0.841. The highest BCUT2D eigenvalue weighted by Crippen LogP contribution is 2.24. The third-order valence-electron chi connectivity index (χ3n) is 3.35. The van der Waals surface area contributed by atoms with E-state index in [2.05, 4.69) is 33.0 Å². The monoisotopic (exact) mass is 297 g/mol. The van der Waals surface area contributed by atoms with Gasteiger partial charge in [0.2, 0.25) is 0 Å². The molecule has 1 aromatic carbocycles. The maximum atomic E-state index is 5.28. The Hall–Kier alpha value is -0.540. The van der Waals surface area contributed by atoms with Gasteiger partial charge in [0.05, 0.1) is 7.11 Å². The van der Waals surface area contributed by atoms with E-state index in [-0.39, 0.29) is 0 Å². The summed E-state index contributed by atoms with van der Waals surface area (Å²) >= 11 is 3.62. The third kappa shape index (κ3) is 3.71. The molecule has 1 aromatic rings. The molecule has 1 aliphatic heterocycles. The fraction of sp³-hybridized carbons (Fsp3) is 0.571. The molecule has 0 bridgehead atoms. The molecule has 17 heavy (non-hydrogen) atoms. The summed E-state index contributed by atoms with van der Waals surface area (Å²) in [7, 11) is 1.72. The number of hydrogen-bond donors (Lipinski definition) is 0. The van der Waals surface area contributed by atoms with Crippen LogP contribution in [0.25, 0.3) is 0 Å². The molecule has 3 heteroatoms. The topological polar surface area (TPSA) is 12.5 Å². The zero-order valence-electron chi connectivity index (χ0n) is 10.4. The highest BCUT2D eigenvalue weighted by molar-refractivity contribution is 9.10. The van der Waals surface area contributed by atoms with Gasteiger partial charge in [0.1, 0.15) is 5.75 Å². The van der Waals surface area contributed by atoms with Crippen LogP contribution in [0.15, 0.2) is 22.7 Å². The van der Waals surface area contributed by atoms with Crippen LogP contribution in [0.5, 0.6) is 5.75 Å². The van der Waals surface area contributed by atoms with Crippen LogP contribution >= 0.6 is 15.9 Å². The molecule has 0 spiro atoms. The van der Waals surface area contributed by atoms with Crippen molar-refractivity contribution >= 4 is 15.9 Å². The molecule has 94 valence electrons. The van der Waals surface area contributed by atoms with Crippen molar-refractivity contribution in [1.29, 1.82) is 0 Å². The van der Waals surface area contributed by atoms with Gasteiger partial charge < -0.3 is 4.74 Å². The minimum atomic E-state index is 0.943. The second-order valence-corrected chi connectivity index (χ2v) is 5.50. The van der Waals surface area contributed by atoms with E-state index >= 15 is 0 Å². The Morgan fingerprint density at radius 1 is 1.18 bits per heavy atom. The highest BCUT2D eigenvalue weighted by Gasteiger charge is 2.11. The van der Waals surface area contributed by atoms with Gasteiger partial charge >= 0.3 is 0 Å². The Labute approximate surface area is 112 Å². The number of hydrogen-bond acceptors (Lipinski definition) is 2. The van der Waals surface area contributed by atoms with Crippen molar-refractivity contribution in [2.45, 2.75) is 32.2 Å². The molecule has 1 fully saturated rings. The molecule has 0 amide bonds. The number of rotatable bonds is 3. The lowest BCUT2D eigenvalue weighted by molar-refractivity contribution is 0.276. The molecule has 1 aliphatic rings. The van der Waals surface area contributed by atoms with Crippen molar-refractivity contribution in [2.75, 3.05) is 20.2 Å². The van der Waals surface area contributed by atoms with E-state index in [4.69, 9.17) is 4.74 Å². The van der Waals surface area contributed by atoms with Crippen molar-refractivity contribution in [3.05, 3.63) is 28.2 Å². The van der Waals surface area contributed by atoms with E-state index in [1.807, 2.05) is 6.07 Å². The Kier molecular flexibility index (Phi) is 4.86. The smallest absolute Gasteiger partial charge is 0.119 e. The van der Waals surface area contributed by atoms with Crippen LogP contribution in [-0.4, -0.2) is 25.1 Å². The molecule has 0 N–H and O–H groups in total. The van der Waals surface area contributed by atoms with Gasteiger partial charge in [0.25, 0.3) is 0 Å². The molecule has 1 saturated heterocycles. The van der Waals surface area contributed by atoms with Gasteiger partial charge in [-0.3, -0.25) is 4.90 Å². The molecular weight excluding hydrogens is 278 g/mol. The molecule has 1 heterocycles. The lowest BCUT2D eigenvalue weighted by Crippen LogP contribution is -2.24. The van der Waals surface area contributed by atoms with Gasteiger partial charge in [-0.05, 0) is 49.7 Å². The van der Waals surface area contributed by atoms with E-state index in [1.54, 1.807) is 7.11 Å². The molecule has 0 radical (unpaired) electrons. The third-order valence-corrected chi connectivity index (χ3v) is 4.12. The first kappa shape index (κ1) is 12.9. The normalized spacial score (nSPS) is 17.8. The van der Waals surface area contributed by atoms with Crippen LogP contribution < -0.4 is 4.74 Å². The number of methoxy groups -OCH3 is 1. The minimum absolute atomic E-state index is 0.943. The van der Waals surface area contributed by atoms with Gasteiger partial charge in [-0.25, -0.2) is 0 Å². The number of halogens is 1. The van der Waals surface area contributed by atoms with E-state index in [0.29, 0.717) is 0 Å². The summed E-state index contributed by atoms with van der Waals surface area (Å²) in [5.74, 6) is 0.943. The number of likely N-dealkylation sites (tertiary alicyclic amines) is 1. The lowest BCUT2D eigenvalue weighted by Gasteiger charge is -2.20. The maximum absolute atomic E-state index is 5.28. The molecule has 2 rings (SSSR count). The van der Waals surface area contributed by atoms with Crippen LogP contribution in [0.4, 0.5) is 0 Å². The molecule has 0 aliphatic carbocycles. The standard InChI is InChI=1S/C14H20BrNO/c1-17-13-6-7-14(15)12(10-13)11-16-8-4-2-3-5-9-16/h6-7,10H,2-5,8-9,11H2,1H3. The van der Waals surface area contributed by atoms with Crippen molar-refractivity contribution < 1.29 is 4.74 Å².